The first-order valence-electron chi connectivity index (χ1n) is 7.85. The molecule has 2 N–H and O–H groups in total. The SMILES string of the molecule is CN=C(NCCOc1cccc(Cl)c1)NCc1nc(C(C)C)cs1.I. The van der Waals surface area contributed by atoms with Gasteiger partial charge in [0.05, 0.1) is 18.8 Å². The lowest BCUT2D eigenvalue weighted by Gasteiger charge is -2.12. The standard InChI is InChI=1S/C17H23ClN4OS.HI/c1-12(2)15-11-24-16(22-15)10-21-17(19-3)20-7-8-23-14-6-4-5-13(18)9-14;/h4-6,9,11-12H,7-8,10H2,1-3H3,(H2,19,20,21);1H. The van der Waals surface area contributed by atoms with E-state index in [-0.39, 0.29) is 24.0 Å². The summed E-state index contributed by atoms with van der Waals surface area (Å²) in [5, 5.41) is 10.3. The lowest BCUT2D eigenvalue weighted by molar-refractivity contribution is 0.322. The Morgan fingerprint density at radius 3 is 2.80 bits per heavy atom. The third-order valence-corrected chi connectivity index (χ3v) is 4.35. The zero-order chi connectivity index (χ0) is 17.4. The third kappa shape index (κ3) is 7.79. The van der Waals surface area contributed by atoms with Gasteiger partial charge in [0, 0.05) is 17.5 Å². The van der Waals surface area contributed by atoms with Crippen molar-refractivity contribution in [2.45, 2.75) is 26.3 Å². The monoisotopic (exact) mass is 494 g/mol. The van der Waals surface area contributed by atoms with Gasteiger partial charge in [-0.25, -0.2) is 4.98 Å². The van der Waals surface area contributed by atoms with Crippen LogP contribution in [0.2, 0.25) is 5.02 Å². The molecule has 0 saturated carbocycles. The molecule has 0 spiro atoms. The molecule has 0 bridgehead atoms. The van der Waals surface area contributed by atoms with Crippen LogP contribution in [0, 0.1) is 0 Å². The highest BCUT2D eigenvalue weighted by molar-refractivity contribution is 14.0. The molecule has 0 unspecified atom stereocenters. The van der Waals surface area contributed by atoms with Crippen LogP contribution in [0.1, 0.15) is 30.5 Å². The molecule has 0 aliphatic rings. The summed E-state index contributed by atoms with van der Waals surface area (Å²) < 4.78 is 5.63. The third-order valence-electron chi connectivity index (χ3n) is 3.25. The van der Waals surface area contributed by atoms with Crippen LogP contribution in [0.3, 0.4) is 0 Å². The normalized spacial score (nSPS) is 11.2. The number of rotatable bonds is 7. The Morgan fingerprint density at radius 1 is 1.36 bits per heavy atom. The highest BCUT2D eigenvalue weighted by atomic mass is 127. The topological polar surface area (TPSA) is 58.5 Å². The van der Waals surface area contributed by atoms with Crippen molar-refractivity contribution < 1.29 is 4.74 Å². The van der Waals surface area contributed by atoms with E-state index in [2.05, 4.69) is 39.8 Å². The second-order valence-corrected chi connectivity index (χ2v) is 6.86. The molecule has 0 aliphatic heterocycles. The summed E-state index contributed by atoms with van der Waals surface area (Å²) in [6, 6.07) is 7.36. The van der Waals surface area contributed by atoms with Crippen LogP contribution in [0.25, 0.3) is 0 Å². The van der Waals surface area contributed by atoms with Crippen LogP contribution < -0.4 is 15.4 Å². The van der Waals surface area contributed by atoms with Gasteiger partial charge in [0.25, 0.3) is 0 Å². The molecule has 8 heteroatoms. The second-order valence-electron chi connectivity index (χ2n) is 5.48. The van der Waals surface area contributed by atoms with Crippen LogP contribution in [-0.2, 0) is 6.54 Å². The van der Waals surface area contributed by atoms with Crippen molar-refractivity contribution in [3.05, 3.63) is 45.4 Å². The van der Waals surface area contributed by atoms with Gasteiger partial charge in [0.2, 0.25) is 0 Å². The number of hydrogen-bond donors (Lipinski definition) is 2. The van der Waals surface area contributed by atoms with Crippen molar-refractivity contribution >= 4 is 52.9 Å². The van der Waals surface area contributed by atoms with Gasteiger partial charge in [-0.3, -0.25) is 4.99 Å². The lowest BCUT2D eigenvalue weighted by atomic mass is 10.2. The van der Waals surface area contributed by atoms with E-state index in [0.717, 1.165) is 22.4 Å². The van der Waals surface area contributed by atoms with E-state index >= 15 is 0 Å². The number of thiazole rings is 1. The van der Waals surface area contributed by atoms with E-state index in [1.807, 2.05) is 18.2 Å². The maximum atomic E-state index is 5.92. The van der Waals surface area contributed by atoms with Gasteiger partial charge in [-0.05, 0) is 24.1 Å². The Balaban J connectivity index is 0.00000312. The number of ether oxygens (including phenoxy) is 1. The van der Waals surface area contributed by atoms with E-state index in [9.17, 15) is 0 Å². The molecule has 0 radical (unpaired) electrons. The average Bonchev–Trinajstić information content (AvgIpc) is 3.03. The van der Waals surface area contributed by atoms with Crippen molar-refractivity contribution in [3.63, 3.8) is 0 Å². The minimum atomic E-state index is 0. The van der Waals surface area contributed by atoms with Crippen LogP contribution in [0.4, 0.5) is 0 Å². The number of halogens is 2. The van der Waals surface area contributed by atoms with Gasteiger partial charge < -0.3 is 15.4 Å². The summed E-state index contributed by atoms with van der Waals surface area (Å²) in [4.78, 5) is 8.79. The number of hydrogen-bond acceptors (Lipinski definition) is 4. The molecule has 2 rings (SSSR count). The summed E-state index contributed by atoms with van der Waals surface area (Å²) in [7, 11) is 1.74. The number of nitrogens with zero attached hydrogens (tertiary/aromatic N) is 2. The molecule has 5 nitrogen and oxygen atoms in total. The minimum Gasteiger partial charge on any atom is -0.492 e. The quantitative estimate of drug-likeness (QED) is 0.261. The van der Waals surface area contributed by atoms with Crippen LogP contribution in [-0.4, -0.2) is 31.1 Å². The van der Waals surface area contributed by atoms with Crippen molar-refractivity contribution in [2.75, 3.05) is 20.2 Å². The Morgan fingerprint density at radius 2 is 2.16 bits per heavy atom. The van der Waals surface area contributed by atoms with Crippen LogP contribution >= 0.6 is 46.9 Å². The predicted molar refractivity (Wildman–Crippen MR) is 117 cm³/mol. The molecule has 2 aromatic rings. The number of nitrogens with one attached hydrogen (secondary N) is 2. The molecular formula is C17H24ClIN4OS. The summed E-state index contributed by atoms with van der Waals surface area (Å²) >= 11 is 7.59. The van der Waals surface area contributed by atoms with Crippen LogP contribution in [0.5, 0.6) is 5.75 Å². The van der Waals surface area contributed by atoms with Gasteiger partial charge in [-0.15, -0.1) is 35.3 Å². The summed E-state index contributed by atoms with van der Waals surface area (Å²) in [6.07, 6.45) is 0. The van der Waals surface area contributed by atoms with Crippen molar-refractivity contribution in [3.8, 4) is 5.75 Å². The first-order chi connectivity index (χ1) is 11.6. The van der Waals surface area contributed by atoms with E-state index in [1.54, 1.807) is 24.5 Å². The first kappa shape index (κ1) is 22.0. The highest BCUT2D eigenvalue weighted by Crippen LogP contribution is 2.18. The molecule has 0 aliphatic carbocycles. The molecule has 25 heavy (non-hydrogen) atoms. The summed E-state index contributed by atoms with van der Waals surface area (Å²) in [5.41, 5.74) is 1.13. The molecule has 1 aromatic heterocycles. The Labute approximate surface area is 175 Å². The maximum absolute atomic E-state index is 5.92. The van der Waals surface area contributed by atoms with Gasteiger partial charge in [-0.1, -0.05) is 31.5 Å². The Kier molecular flexibility index (Phi) is 10.1. The summed E-state index contributed by atoms with van der Waals surface area (Å²) in [6.45, 7) is 6.11. The van der Waals surface area contributed by atoms with E-state index in [0.29, 0.717) is 30.6 Å². The zero-order valence-corrected chi connectivity index (χ0v) is 18.5. The van der Waals surface area contributed by atoms with E-state index < -0.39 is 0 Å². The van der Waals surface area contributed by atoms with Crippen molar-refractivity contribution in [2.24, 2.45) is 4.99 Å². The van der Waals surface area contributed by atoms with Crippen molar-refractivity contribution in [1.82, 2.24) is 15.6 Å². The van der Waals surface area contributed by atoms with Gasteiger partial charge in [0.15, 0.2) is 5.96 Å². The maximum Gasteiger partial charge on any atom is 0.191 e. The van der Waals surface area contributed by atoms with Gasteiger partial charge in [0.1, 0.15) is 17.4 Å². The predicted octanol–water partition coefficient (Wildman–Crippen LogP) is 4.28. The van der Waals surface area contributed by atoms with E-state index in [4.69, 9.17) is 16.3 Å². The smallest absolute Gasteiger partial charge is 0.191 e. The number of aliphatic imine (C=N–C) groups is 1. The largest absolute Gasteiger partial charge is 0.492 e. The zero-order valence-electron chi connectivity index (χ0n) is 14.6. The molecule has 138 valence electrons. The minimum absolute atomic E-state index is 0. The lowest BCUT2D eigenvalue weighted by Crippen LogP contribution is -2.38. The molecular weight excluding hydrogens is 471 g/mol. The van der Waals surface area contributed by atoms with E-state index in [1.165, 1.54) is 0 Å². The second kappa shape index (κ2) is 11.5. The fourth-order valence-electron chi connectivity index (χ4n) is 1.95. The fourth-order valence-corrected chi connectivity index (χ4v) is 3.02. The van der Waals surface area contributed by atoms with Gasteiger partial charge in [-0.2, -0.15) is 0 Å². The average molecular weight is 495 g/mol. The van der Waals surface area contributed by atoms with Crippen molar-refractivity contribution in [1.29, 1.82) is 0 Å². The molecule has 0 fully saturated rings. The highest BCUT2D eigenvalue weighted by Gasteiger charge is 2.06. The summed E-state index contributed by atoms with van der Waals surface area (Å²) in [5.74, 6) is 1.94. The molecule has 0 atom stereocenters. The Bertz CT molecular complexity index is 678. The first-order valence-corrected chi connectivity index (χ1v) is 9.11. The molecule has 0 amide bonds. The Hall–Kier alpha value is -1.06. The molecule has 1 heterocycles. The van der Waals surface area contributed by atoms with Gasteiger partial charge >= 0.3 is 0 Å². The molecule has 1 aromatic carbocycles. The molecule has 0 saturated heterocycles. The fraction of sp³-hybridized carbons (Fsp3) is 0.412. The number of guanidine groups is 1. The number of benzene rings is 1. The number of aromatic nitrogens is 1. The van der Waals surface area contributed by atoms with Crippen LogP contribution in [0.15, 0.2) is 34.6 Å².